The van der Waals surface area contributed by atoms with Gasteiger partial charge in [-0.15, -0.1) is 11.3 Å². The largest absolute Gasteiger partial charge is 0.503 e. The number of fused-ring (bicyclic) bond motifs is 5. The summed E-state index contributed by atoms with van der Waals surface area (Å²) in [6.07, 6.45) is 2.47. The number of ether oxygens (including phenoxy) is 2. The van der Waals surface area contributed by atoms with Crippen LogP contribution in [0.3, 0.4) is 0 Å². The van der Waals surface area contributed by atoms with Gasteiger partial charge < -0.3 is 19.5 Å². The molecule has 5 aromatic rings. The number of imide groups is 2. The second kappa shape index (κ2) is 14.8. The van der Waals surface area contributed by atoms with Crippen LogP contribution in [-0.2, 0) is 31.0 Å². The number of halogens is 3. The summed E-state index contributed by atoms with van der Waals surface area (Å²) >= 11 is 15.2. The van der Waals surface area contributed by atoms with Crippen molar-refractivity contribution in [1.29, 1.82) is 0 Å². The van der Waals surface area contributed by atoms with Crippen LogP contribution < -0.4 is 19.4 Å². The van der Waals surface area contributed by atoms with Crippen LogP contribution in [0.25, 0.3) is 20.7 Å². The Labute approximate surface area is 377 Å². The zero-order valence-electron chi connectivity index (χ0n) is 33.6. The minimum Gasteiger partial charge on any atom is -0.503 e. The highest BCUT2D eigenvalue weighted by molar-refractivity contribution is 9.13. The van der Waals surface area contributed by atoms with Crippen molar-refractivity contribution in [1.82, 2.24) is 9.78 Å². The molecule has 0 bridgehead atoms. The first-order chi connectivity index (χ1) is 29.2. The molecule has 4 fully saturated rings. The number of amides is 4. The smallest absolute Gasteiger partial charge is 0.242 e. The van der Waals surface area contributed by atoms with Gasteiger partial charge in [0.2, 0.25) is 23.6 Å². The fourth-order valence-electron chi connectivity index (χ4n) is 10.7. The molecule has 1 saturated carbocycles. The fraction of sp³-hybridized carbons (Fsp3) is 0.356. The number of phenolic OH excluding ortho intramolecular Hbond substituents is 1. The van der Waals surface area contributed by atoms with Crippen molar-refractivity contribution in [2.24, 2.45) is 36.1 Å². The number of aryl methyl sites for hydroxylation is 2. The number of morpholine rings is 1. The number of rotatable bonds is 6. The van der Waals surface area contributed by atoms with Crippen LogP contribution in [0.4, 0.5) is 17.2 Å². The molecule has 3 aromatic carbocycles. The lowest BCUT2D eigenvalue weighted by molar-refractivity contribution is -0.131. The van der Waals surface area contributed by atoms with Gasteiger partial charge in [-0.25, -0.2) is 4.90 Å². The number of benzene rings is 3. The van der Waals surface area contributed by atoms with E-state index >= 15 is 9.59 Å². The predicted molar refractivity (Wildman–Crippen MR) is 240 cm³/mol. The van der Waals surface area contributed by atoms with Gasteiger partial charge in [-0.1, -0.05) is 23.3 Å². The second-order valence-electron chi connectivity index (χ2n) is 16.6. The SMILES string of the molecule is COc1cc([C@H]2C3=CC[C@@H]4C(=O)N(c5ccc(N6CCOCC6)cc5)C(=O)[C@@H]4[C@@H]3C[C@H]3C(=O)N(c4cc(-c5sc6ccc(Cl)cc6c5C)nn4C)C(=O)[C@@]23C)c(Br)c(Br)c1O. The molecule has 0 radical (unpaired) electrons. The van der Waals surface area contributed by atoms with E-state index in [9.17, 15) is 14.7 Å². The highest BCUT2D eigenvalue weighted by Gasteiger charge is 2.68. The minimum absolute atomic E-state index is 0.131. The van der Waals surface area contributed by atoms with E-state index in [1.54, 1.807) is 35.2 Å². The summed E-state index contributed by atoms with van der Waals surface area (Å²) in [6, 6.07) is 16.7. The number of hydrogen-bond donors (Lipinski definition) is 1. The third kappa shape index (κ3) is 5.93. The topological polar surface area (TPSA) is 135 Å². The van der Waals surface area contributed by atoms with E-state index in [4.69, 9.17) is 26.2 Å². The van der Waals surface area contributed by atoms with Gasteiger partial charge in [0.15, 0.2) is 11.5 Å². The number of aromatic nitrogens is 2. The Kier molecular flexibility index (Phi) is 9.83. The molecule has 16 heteroatoms. The summed E-state index contributed by atoms with van der Waals surface area (Å²) in [5.41, 5.74) is 3.15. The molecule has 2 aromatic heterocycles. The number of thiophene rings is 1. The maximum absolute atomic E-state index is 15.4. The zero-order valence-corrected chi connectivity index (χ0v) is 38.3. The number of hydrogen-bond acceptors (Lipinski definition) is 10. The molecule has 12 nitrogen and oxygen atoms in total. The second-order valence-corrected chi connectivity index (χ2v) is 19.7. The van der Waals surface area contributed by atoms with Crippen molar-refractivity contribution >= 4 is 106 Å². The van der Waals surface area contributed by atoms with Crippen LogP contribution >= 0.6 is 54.8 Å². The normalized spacial score (nSPS) is 26.2. The van der Waals surface area contributed by atoms with Gasteiger partial charge >= 0.3 is 0 Å². The number of nitrogens with zero attached hydrogens (tertiary/aromatic N) is 5. The molecule has 61 heavy (non-hydrogen) atoms. The minimum atomic E-state index is -1.36. The molecule has 3 saturated heterocycles. The Bertz CT molecular complexity index is 2760. The molecule has 1 N–H and O–H groups in total. The van der Waals surface area contributed by atoms with Crippen LogP contribution in [0, 0.1) is 36.0 Å². The summed E-state index contributed by atoms with van der Waals surface area (Å²) in [6.45, 7) is 6.61. The molecule has 314 valence electrons. The van der Waals surface area contributed by atoms with Gasteiger partial charge in [0.1, 0.15) is 11.5 Å². The molecule has 5 heterocycles. The fourth-order valence-corrected chi connectivity index (χ4v) is 12.9. The Hall–Kier alpha value is -4.54. The highest BCUT2D eigenvalue weighted by atomic mass is 79.9. The van der Waals surface area contributed by atoms with Gasteiger partial charge in [-0.2, -0.15) is 5.10 Å². The Morgan fingerprint density at radius 2 is 1.66 bits per heavy atom. The van der Waals surface area contributed by atoms with Crippen molar-refractivity contribution < 1.29 is 33.8 Å². The average Bonchev–Trinajstić information content (AvgIpc) is 3.93. The molecule has 5 aliphatic rings. The molecular weight excluding hydrogens is 950 g/mol. The van der Waals surface area contributed by atoms with Gasteiger partial charge in [0.25, 0.3) is 0 Å². The van der Waals surface area contributed by atoms with Gasteiger partial charge in [-0.3, -0.25) is 28.8 Å². The lowest BCUT2D eigenvalue weighted by Crippen LogP contribution is -2.49. The summed E-state index contributed by atoms with van der Waals surface area (Å²) in [4.78, 5) is 65.3. The predicted octanol–water partition coefficient (Wildman–Crippen LogP) is 8.77. The maximum atomic E-state index is 15.4. The zero-order chi connectivity index (χ0) is 42.8. The average molecular weight is 990 g/mol. The highest BCUT2D eigenvalue weighted by Crippen LogP contribution is 2.65. The van der Waals surface area contributed by atoms with Crippen molar-refractivity contribution in [3.05, 3.63) is 91.3 Å². The first-order valence-electron chi connectivity index (χ1n) is 20.1. The lowest BCUT2D eigenvalue weighted by atomic mass is 9.51. The summed E-state index contributed by atoms with van der Waals surface area (Å²) in [5.74, 6) is -4.63. The van der Waals surface area contributed by atoms with E-state index in [0.717, 1.165) is 44.9 Å². The number of carbonyl (C=O) groups excluding carboxylic acids is 4. The van der Waals surface area contributed by atoms with E-state index in [-0.39, 0.29) is 36.2 Å². The standard InChI is InChI=1S/C45H40Br2ClN5O7S/c1-21-27-17-22(48)5-12-33(27)61-40(21)31-20-34(50(3)49-31)53-42(56)30-18-28-25(36(45(30,2)44(53)58)29-19-32(59-4)39(54)38(47)37(29)46)10-11-26-35(28)43(57)52(41(26)55)24-8-6-23(7-9-24)51-13-15-60-16-14-51/h5-10,12,17,19-20,26,28,30,35-36,54H,11,13-16,18H2,1-4H3/t26-,28+,30-,35-,36+,45+/m0/s1. The summed E-state index contributed by atoms with van der Waals surface area (Å²) < 4.78 is 14.5. The Morgan fingerprint density at radius 1 is 0.934 bits per heavy atom. The van der Waals surface area contributed by atoms with Crippen molar-refractivity contribution in [2.75, 3.05) is 48.1 Å². The van der Waals surface area contributed by atoms with E-state index in [1.165, 1.54) is 16.9 Å². The molecular formula is C45H40Br2ClN5O7S. The monoisotopic (exact) mass is 987 g/mol. The van der Waals surface area contributed by atoms with Crippen molar-refractivity contribution in [3.8, 4) is 22.1 Å². The number of anilines is 3. The van der Waals surface area contributed by atoms with Gasteiger partial charge in [-0.05, 0) is 130 Å². The molecule has 6 atom stereocenters. The Balaban J connectivity index is 1.07. The first-order valence-corrected chi connectivity index (χ1v) is 22.9. The first kappa shape index (κ1) is 40.5. The van der Waals surface area contributed by atoms with E-state index in [0.29, 0.717) is 49.9 Å². The van der Waals surface area contributed by atoms with E-state index in [2.05, 4.69) is 36.8 Å². The summed E-state index contributed by atoms with van der Waals surface area (Å²) in [5, 5.41) is 17.5. The molecule has 0 spiro atoms. The third-order valence-corrected chi connectivity index (χ3v) is 17.4. The maximum Gasteiger partial charge on any atom is 0.242 e. The quantitative estimate of drug-likeness (QED) is 0.131. The molecule has 0 unspecified atom stereocenters. The van der Waals surface area contributed by atoms with Crippen LogP contribution in [0.1, 0.15) is 36.8 Å². The molecule has 3 aliphatic heterocycles. The van der Waals surface area contributed by atoms with Crippen LogP contribution in [0.15, 0.2) is 75.2 Å². The third-order valence-electron chi connectivity index (χ3n) is 13.7. The van der Waals surface area contributed by atoms with Gasteiger partial charge in [0.05, 0.1) is 58.5 Å². The number of phenols is 1. The number of carbonyl (C=O) groups is 4. The van der Waals surface area contributed by atoms with Crippen molar-refractivity contribution in [2.45, 2.75) is 32.6 Å². The molecule has 4 amide bonds. The van der Waals surface area contributed by atoms with E-state index < -0.39 is 46.8 Å². The number of methoxy groups -OCH3 is 1. The van der Waals surface area contributed by atoms with E-state index in [1.807, 2.05) is 62.4 Å². The van der Waals surface area contributed by atoms with Crippen LogP contribution in [0.2, 0.25) is 5.02 Å². The van der Waals surface area contributed by atoms with Crippen molar-refractivity contribution in [3.63, 3.8) is 0 Å². The Morgan fingerprint density at radius 3 is 2.38 bits per heavy atom. The number of aromatic hydroxyl groups is 1. The van der Waals surface area contributed by atoms with Crippen LogP contribution in [0.5, 0.6) is 11.5 Å². The van der Waals surface area contributed by atoms with Crippen LogP contribution in [-0.4, -0.2) is 71.9 Å². The van der Waals surface area contributed by atoms with Gasteiger partial charge in [0, 0.05) is 52.0 Å². The summed E-state index contributed by atoms with van der Waals surface area (Å²) in [7, 11) is 3.17. The molecule has 2 aliphatic carbocycles. The lowest BCUT2D eigenvalue weighted by Gasteiger charge is -2.49. The number of allylic oxidation sites excluding steroid dienone is 2. The molecule has 10 rings (SSSR count).